The number of aryl methyl sites for hydroxylation is 1. The molecule has 7 nitrogen and oxygen atoms in total. The fourth-order valence-electron chi connectivity index (χ4n) is 3.29. The number of aromatic nitrogens is 3. The first-order valence-electron chi connectivity index (χ1n) is 8.51. The number of para-hydroxylation sites is 1. The first kappa shape index (κ1) is 16.4. The smallest absolute Gasteiger partial charge is 0.263 e. The highest BCUT2D eigenvalue weighted by molar-refractivity contribution is 5.93. The lowest BCUT2D eigenvalue weighted by Crippen LogP contribution is -2.38. The Balaban J connectivity index is 1.45. The van der Waals surface area contributed by atoms with Crippen molar-refractivity contribution in [3.63, 3.8) is 0 Å². The number of carbonyl (C=O) groups is 1. The molecule has 0 saturated carbocycles. The number of hydrogen-bond acceptors (Lipinski definition) is 6. The van der Waals surface area contributed by atoms with Crippen LogP contribution in [-0.2, 0) is 4.79 Å². The molecule has 3 aromatic rings. The Morgan fingerprint density at radius 2 is 2.04 bits per heavy atom. The summed E-state index contributed by atoms with van der Waals surface area (Å²) in [7, 11) is 0. The molecule has 1 aliphatic rings. The number of carbonyl (C=O) groups excluding carboxylic acids is 1. The van der Waals surface area contributed by atoms with Crippen molar-refractivity contribution in [2.75, 3.05) is 23.3 Å². The number of benzene rings is 1. The molecule has 1 aliphatic heterocycles. The van der Waals surface area contributed by atoms with Crippen molar-refractivity contribution in [2.24, 2.45) is 5.92 Å². The second-order valence-electron chi connectivity index (χ2n) is 6.38. The van der Waals surface area contributed by atoms with Crippen molar-refractivity contribution < 1.29 is 13.7 Å². The third-order valence-electron chi connectivity index (χ3n) is 4.72. The van der Waals surface area contributed by atoms with E-state index < -0.39 is 5.82 Å². The number of nitrogens with one attached hydrogen (secondary N) is 1. The minimum Gasteiger partial charge on any atom is -0.356 e. The van der Waals surface area contributed by atoms with E-state index in [1.807, 2.05) is 6.92 Å². The molecule has 0 atom stereocenters. The maximum absolute atomic E-state index is 13.7. The highest BCUT2D eigenvalue weighted by Gasteiger charge is 2.28. The van der Waals surface area contributed by atoms with Crippen LogP contribution in [0.2, 0.25) is 0 Å². The van der Waals surface area contributed by atoms with Gasteiger partial charge in [0.05, 0.1) is 11.4 Å². The molecule has 0 spiro atoms. The Morgan fingerprint density at radius 1 is 1.27 bits per heavy atom. The van der Waals surface area contributed by atoms with Gasteiger partial charge in [-0.2, -0.15) is 4.98 Å². The molecule has 0 radical (unpaired) electrons. The molecular weight excluding hydrogens is 337 g/mol. The topological polar surface area (TPSA) is 84.2 Å². The van der Waals surface area contributed by atoms with Crippen LogP contribution in [0.5, 0.6) is 0 Å². The van der Waals surface area contributed by atoms with Crippen LogP contribution in [-0.4, -0.2) is 34.1 Å². The van der Waals surface area contributed by atoms with Gasteiger partial charge in [-0.1, -0.05) is 17.3 Å². The lowest BCUT2D eigenvalue weighted by atomic mass is 9.95. The van der Waals surface area contributed by atoms with E-state index >= 15 is 0 Å². The SMILES string of the molecule is Cc1noc2ncnc(N3CCC(C(=O)Nc4ccccc4F)CC3)c12. The number of anilines is 2. The van der Waals surface area contributed by atoms with Gasteiger partial charge in [0, 0.05) is 19.0 Å². The van der Waals surface area contributed by atoms with E-state index in [0.29, 0.717) is 31.6 Å². The number of hydrogen-bond donors (Lipinski definition) is 1. The Labute approximate surface area is 149 Å². The van der Waals surface area contributed by atoms with Gasteiger partial charge in [-0.15, -0.1) is 0 Å². The second-order valence-corrected chi connectivity index (χ2v) is 6.38. The zero-order chi connectivity index (χ0) is 18.1. The number of amides is 1. The highest BCUT2D eigenvalue weighted by Crippen LogP contribution is 2.29. The molecule has 0 unspecified atom stereocenters. The maximum Gasteiger partial charge on any atom is 0.263 e. The summed E-state index contributed by atoms with van der Waals surface area (Å²) < 4.78 is 18.9. The Bertz CT molecular complexity index is 950. The van der Waals surface area contributed by atoms with Gasteiger partial charge in [-0.3, -0.25) is 4.79 Å². The van der Waals surface area contributed by atoms with E-state index in [1.165, 1.54) is 12.4 Å². The van der Waals surface area contributed by atoms with Crippen LogP contribution in [0.4, 0.5) is 15.9 Å². The fraction of sp³-hybridized carbons (Fsp3) is 0.333. The van der Waals surface area contributed by atoms with Crippen LogP contribution in [0.15, 0.2) is 35.1 Å². The summed E-state index contributed by atoms with van der Waals surface area (Å²) in [5, 5.41) is 7.44. The van der Waals surface area contributed by atoms with Crippen molar-refractivity contribution >= 4 is 28.5 Å². The molecule has 3 heterocycles. The molecule has 1 aromatic carbocycles. The Hall–Kier alpha value is -3.03. The Morgan fingerprint density at radius 3 is 2.81 bits per heavy atom. The predicted octanol–water partition coefficient (Wildman–Crippen LogP) is 2.92. The summed E-state index contributed by atoms with van der Waals surface area (Å²) in [5.74, 6) is 0.0433. The van der Waals surface area contributed by atoms with Crippen LogP contribution in [0.1, 0.15) is 18.5 Å². The first-order chi connectivity index (χ1) is 12.6. The molecule has 1 fully saturated rings. The van der Waals surface area contributed by atoms with Gasteiger partial charge in [0.1, 0.15) is 23.3 Å². The molecule has 1 N–H and O–H groups in total. The van der Waals surface area contributed by atoms with Crippen LogP contribution in [0.25, 0.3) is 11.1 Å². The second kappa shape index (κ2) is 6.70. The molecule has 0 bridgehead atoms. The molecule has 1 saturated heterocycles. The lowest BCUT2D eigenvalue weighted by Gasteiger charge is -2.32. The average Bonchev–Trinajstić information content (AvgIpc) is 3.05. The highest BCUT2D eigenvalue weighted by atomic mass is 19.1. The van der Waals surface area contributed by atoms with Crippen LogP contribution in [0, 0.1) is 18.7 Å². The van der Waals surface area contributed by atoms with Gasteiger partial charge in [0.25, 0.3) is 5.71 Å². The zero-order valence-electron chi connectivity index (χ0n) is 14.3. The number of halogens is 1. The summed E-state index contributed by atoms with van der Waals surface area (Å²) in [6, 6.07) is 6.19. The predicted molar refractivity (Wildman–Crippen MR) is 94.3 cm³/mol. The summed E-state index contributed by atoms with van der Waals surface area (Å²) in [6.45, 7) is 3.20. The minimum absolute atomic E-state index is 0.149. The summed E-state index contributed by atoms with van der Waals surface area (Å²) >= 11 is 0. The molecule has 0 aliphatic carbocycles. The fourth-order valence-corrected chi connectivity index (χ4v) is 3.29. The van der Waals surface area contributed by atoms with Gasteiger partial charge in [0.15, 0.2) is 0 Å². The lowest BCUT2D eigenvalue weighted by molar-refractivity contribution is -0.120. The number of nitrogens with zero attached hydrogens (tertiary/aromatic N) is 4. The number of rotatable bonds is 3. The van der Waals surface area contributed by atoms with Crippen LogP contribution >= 0.6 is 0 Å². The van der Waals surface area contributed by atoms with Crippen molar-refractivity contribution in [2.45, 2.75) is 19.8 Å². The van der Waals surface area contributed by atoms with Crippen molar-refractivity contribution in [1.29, 1.82) is 0 Å². The molecular formula is C18H18FN5O2. The molecule has 1 amide bonds. The first-order valence-corrected chi connectivity index (χ1v) is 8.51. The van der Waals surface area contributed by atoms with Crippen LogP contribution < -0.4 is 10.2 Å². The summed E-state index contributed by atoms with van der Waals surface area (Å²) in [6.07, 6.45) is 2.78. The van der Waals surface area contributed by atoms with Gasteiger partial charge in [-0.05, 0) is 31.9 Å². The third-order valence-corrected chi connectivity index (χ3v) is 4.72. The minimum atomic E-state index is -0.426. The van der Waals surface area contributed by atoms with Gasteiger partial charge < -0.3 is 14.7 Å². The quantitative estimate of drug-likeness (QED) is 0.778. The summed E-state index contributed by atoms with van der Waals surface area (Å²) in [5.41, 5.74) is 1.43. The van der Waals surface area contributed by atoms with Crippen molar-refractivity contribution in [1.82, 2.24) is 15.1 Å². The largest absolute Gasteiger partial charge is 0.356 e. The molecule has 134 valence electrons. The molecule has 8 heteroatoms. The van der Waals surface area contributed by atoms with Gasteiger partial charge >= 0.3 is 0 Å². The van der Waals surface area contributed by atoms with Gasteiger partial charge in [0.2, 0.25) is 5.91 Å². The van der Waals surface area contributed by atoms with E-state index in [0.717, 1.165) is 16.9 Å². The summed E-state index contributed by atoms with van der Waals surface area (Å²) in [4.78, 5) is 23.0. The van der Waals surface area contributed by atoms with E-state index in [2.05, 4.69) is 25.3 Å². The number of fused-ring (bicyclic) bond motifs is 1. The zero-order valence-corrected chi connectivity index (χ0v) is 14.3. The average molecular weight is 355 g/mol. The van der Waals surface area contributed by atoms with Crippen molar-refractivity contribution in [3.05, 3.63) is 42.1 Å². The maximum atomic E-state index is 13.7. The van der Waals surface area contributed by atoms with Crippen LogP contribution in [0.3, 0.4) is 0 Å². The van der Waals surface area contributed by atoms with E-state index in [1.54, 1.807) is 18.2 Å². The standard InChI is InChI=1S/C18H18FN5O2/c1-11-15-16(20-10-21-18(15)26-23-11)24-8-6-12(7-9-24)17(25)22-14-5-3-2-4-13(14)19/h2-5,10,12H,6-9H2,1H3,(H,22,25). The molecule has 26 heavy (non-hydrogen) atoms. The third kappa shape index (κ3) is 2.98. The van der Waals surface area contributed by atoms with Crippen molar-refractivity contribution in [3.8, 4) is 0 Å². The van der Waals surface area contributed by atoms with Gasteiger partial charge in [-0.25, -0.2) is 9.37 Å². The Kier molecular flexibility index (Phi) is 4.24. The molecule has 2 aromatic heterocycles. The number of piperidine rings is 1. The molecule has 4 rings (SSSR count). The normalized spacial score (nSPS) is 15.4. The van der Waals surface area contributed by atoms with E-state index in [-0.39, 0.29) is 17.5 Å². The van der Waals surface area contributed by atoms with E-state index in [4.69, 9.17) is 4.52 Å². The monoisotopic (exact) mass is 355 g/mol. The van der Waals surface area contributed by atoms with E-state index in [9.17, 15) is 9.18 Å².